The molecule has 1 unspecified atom stereocenters. The largest absolute Gasteiger partial charge is 0.517 e. The summed E-state index contributed by atoms with van der Waals surface area (Å²) in [4.78, 5) is 23.0. The van der Waals surface area contributed by atoms with Crippen LogP contribution in [0.25, 0.3) is 0 Å². The van der Waals surface area contributed by atoms with Gasteiger partial charge in [-0.1, -0.05) is 0 Å². The topological polar surface area (TPSA) is 63.6 Å². The van der Waals surface area contributed by atoms with Crippen molar-refractivity contribution in [2.75, 3.05) is 13.6 Å². The number of carbonyl (C=O) groups excluding carboxylic acids is 1. The number of quaternary nitrogens is 1. The van der Waals surface area contributed by atoms with Crippen LogP contribution < -0.4 is 0 Å². The Morgan fingerprint density at radius 3 is 2.38 bits per heavy atom. The first kappa shape index (κ1) is 13.0. The van der Waals surface area contributed by atoms with Gasteiger partial charge >= 0.3 is 12.1 Å². The van der Waals surface area contributed by atoms with E-state index in [9.17, 15) is 9.59 Å². The molecule has 5 nitrogen and oxygen atoms in total. The van der Waals surface area contributed by atoms with E-state index in [-0.39, 0.29) is 4.48 Å². The van der Waals surface area contributed by atoms with Gasteiger partial charge in [-0.25, -0.2) is 9.28 Å². The Morgan fingerprint density at radius 1 is 1.38 bits per heavy atom. The summed E-state index contributed by atoms with van der Waals surface area (Å²) in [5.74, 6) is -0.925. The van der Waals surface area contributed by atoms with Crippen molar-refractivity contribution in [1.82, 2.24) is 0 Å². The number of hydrogen-bond donors (Lipinski definition) is 1. The lowest BCUT2D eigenvalue weighted by molar-refractivity contribution is -0.842. The molecule has 0 aromatic heterocycles. The number of carboxylic acids is 1. The van der Waals surface area contributed by atoms with Crippen molar-refractivity contribution >= 4 is 12.1 Å². The molecular weight excluding hydrogens is 210 g/mol. The first-order valence-corrected chi connectivity index (χ1v) is 5.48. The number of aliphatic carboxylic acids is 1. The lowest BCUT2D eigenvalue weighted by Crippen LogP contribution is -2.57. The van der Waals surface area contributed by atoms with Crippen molar-refractivity contribution in [3.05, 3.63) is 0 Å². The molecule has 16 heavy (non-hydrogen) atoms. The number of carbonyl (C=O) groups is 2. The molecule has 0 aromatic carbocycles. The molecule has 1 amide bonds. The lowest BCUT2D eigenvalue weighted by atomic mass is 10.2. The molecule has 1 rings (SSSR count). The van der Waals surface area contributed by atoms with Crippen LogP contribution in [-0.4, -0.2) is 46.9 Å². The first-order chi connectivity index (χ1) is 7.17. The molecule has 1 aliphatic heterocycles. The summed E-state index contributed by atoms with van der Waals surface area (Å²) in [6.45, 7) is 5.88. The van der Waals surface area contributed by atoms with E-state index in [0.29, 0.717) is 13.0 Å². The lowest BCUT2D eigenvalue weighted by Gasteiger charge is -2.32. The molecule has 0 spiro atoms. The normalized spacial score (nSPS) is 30.1. The number of rotatable bonds is 1. The van der Waals surface area contributed by atoms with Crippen LogP contribution in [0.3, 0.4) is 0 Å². The average molecular weight is 230 g/mol. The van der Waals surface area contributed by atoms with Gasteiger partial charge in [0.2, 0.25) is 0 Å². The van der Waals surface area contributed by atoms with Crippen LogP contribution in [0.1, 0.15) is 33.6 Å². The standard InChI is InChI=1S/C11H19NO4/c1-11(2,3)16-10(15)12(4)7-5-6-8(12)9(13)14/h8H,5-7H2,1-4H3/p+1/t8-,12?/m0/s1. The summed E-state index contributed by atoms with van der Waals surface area (Å²) in [5.41, 5.74) is -0.579. The highest BCUT2D eigenvalue weighted by molar-refractivity contribution is 5.75. The molecule has 0 aliphatic carbocycles. The Balaban J connectivity index is 2.84. The summed E-state index contributed by atoms with van der Waals surface area (Å²) in [5, 5.41) is 9.07. The average Bonchev–Trinajstić information content (AvgIpc) is 2.45. The maximum atomic E-state index is 12.0. The van der Waals surface area contributed by atoms with Gasteiger partial charge in [0.1, 0.15) is 5.60 Å². The van der Waals surface area contributed by atoms with Gasteiger partial charge in [-0.15, -0.1) is 0 Å². The van der Waals surface area contributed by atoms with Crippen molar-refractivity contribution in [3.8, 4) is 0 Å². The van der Waals surface area contributed by atoms with Gasteiger partial charge in [-0.2, -0.15) is 4.79 Å². The second kappa shape index (κ2) is 4.05. The fourth-order valence-electron chi connectivity index (χ4n) is 2.01. The number of likely N-dealkylation sites (N-methyl/N-ethyl adjacent to an activating group) is 1. The van der Waals surface area contributed by atoms with E-state index < -0.39 is 23.7 Å². The zero-order valence-electron chi connectivity index (χ0n) is 10.3. The van der Waals surface area contributed by atoms with Crippen molar-refractivity contribution < 1.29 is 23.9 Å². The highest BCUT2D eigenvalue weighted by Crippen LogP contribution is 2.28. The fraction of sp³-hybridized carbons (Fsp3) is 0.818. The molecule has 1 saturated heterocycles. The van der Waals surface area contributed by atoms with E-state index in [1.165, 1.54) is 0 Å². The minimum atomic E-state index is -0.925. The Hall–Kier alpha value is -1.10. The van der Waals surface area contributed by atoms with Gasteiger partial charge in [0.25, 0.3) is 0 Å². The maximum Gasteiger partial charge on any atom is 0.517 e. The van der Waals surface area contributed by atoms with Gasteiger partial charge in [-0.3, -0.25) is 0 Å². The molecule has 1 fully saturated rings. The SMILES string of the molecule is CC(C)(C)OC(=O)[N+]1(C)CCC[C@H]1C(=O)O. The summed E-state index contributed by atoms with van der Waals surface area (Å²) in [6, 6.07) is -0.671. The number of likely N-dealkylation sites (tertiary alicyclic amines) is 1. The zero-order chi connectivity index (χ0) is 12.6. The fourth-order valence-corrected chi connectivity index (χ4v) is 2.01. The van der Waals surface area contributed by atoms with E-state index in [2.05, 4.69) is 0 Å². The van der Waals surface area contributed by atoms with Crippen LogP contribution in [-0.2, 0) is 9.53 Å². The minimum Gasteiger partial charge on any atom is -0.477 e. The highest BCUT2D eigenvalue weighted by Gasteiger charge is 2.51. The smallest absolute Gasteiger partial charge is 0.477 e. The van der Waals surface area contributed by atoms with E-state index >= 15 is 0 Å². The van der Waals surface area contributed by atoms with Crippen molar-refractivity contribution in [1.29, 1.82) is 0 Å². The Labute approximate surface area is 95.6 Å². The Kier molecular flexibility index (Phi) is 3.28. The highest BCUT2D eigenvalue weighted by atomic mass is 16.6. The summed E-state index contributed by atoms with van der Waals surface area (Å²) < 4.78 is 5.13. The molecule has 2 atom stereocenters. The Morgan fingerprint density at radius 2 is 1.94 bits per heavy atom. The predicted molar refractivity (Wildman–Crippen MR) is 57.9 cm³/mol. The Bertz CT molecular complexity index is 308. The number of hydrogen-bond acceptors (Lipinski definition) is 3. The van der Waals surface area contributed by atoms with Crippen LogP contribution in [0.4, 0.5) is 4.79 Å². The van der Waals surface area contributed by atoms with Gasteiger partial charge in [-0.05, 0) is 20.8 Å². The second-order valence-corrected chi connectivity index (χ2v) is 5.47. The third kappa shape index (κ3) is 2.52. The molecule has 0 radical (unpaired) electrons. The summed E-state index contributed by atoms with van der Waals surface area (Å²) in [6.07, 6.45) is 0.829. The van der Waals surface area contributed by atoms with E-state index in [1.54, 1.807) is 27.8 Å². The van der Waals surface area contributed by atoms with Crippen molar-refractivity contribution in [2.45, 2.75) is 45.3 Å². The quantitative estimate of drug-likeness (QED) is 0.695. The van der Waals surface area contributed by atoms with Crippen molar-refractivity contribution in [3.63, 3.8) is 0 Å². The third-order valence-corrected chi connectivity index (χ3v) is 2.88. The van der Waals surface area contributed by atoms with Crippen LogP contribution in [0.5, 0.6) is 0 Å². The molecule has 92 valence electrons. The molecule has 0 bridgehead atoms. The van der Waals surface area contributed by atoms with E-state index in [1.807, 2.05) is 0 Å². The molecule has 1 aliphatic rings. The number of carboxylic acid groups (broad SMARTS) is 1. The molecule has 1 N–H and O–H groups in total. The van der Waals surface area contributed by atoms with E-state index in [4.69, 9.17) is 9.84 Å². The number of amides is 1. The molecule has 5 heteroatoms. The van der Waals surface area contributed by atoms with Gasteiger partial charge < -0.3 is 9.84 Å². The molecule has 1 heterocycles. The molecular formula is C11H20NO4+. The molecule has 0 aromatic rings. The monoisotopic (exact) mass is 230 g/mol. The maximum absolute atomic E-state index is 12.0. The predicted octanol–water partition coefficient (Wildman–Crippen LogP) is 1.62. The molecule has 0 saturated carbocycles. The zero-order valence-corrected chi connectivity index (χ0v) is 10.3. The summed E-state index contributed by atoms with van der Waals surface area (Å²) >= 11 is 0. The van der Waals surface area contributed by atoms with Crippen LogP contribution in [0.2, 0.25) is 0 Å². The van der Waals surface area contributed by atoms with Gasteiger partial charge in [0.05, 0.1) is 13.6 Å². The minimum absolute atomic E-state index is 0.146. The number of ether oxygens (including phenoxy) is 1. The van der Waals surface area contributed by atoms with Crippen LogP contribution in [0.15, 0.2) is 0 Å². The van der Waals surface area contributed by atoms with Gasteiger partial charge in [0, 0.05) is 12.8 Å². The van der Waals surface area contributed by atoms with E-state index in [0.717, 1.165) is 6.42 Å². The van der Waals surface area contributed by atoms with Crippen LogP contribution in [0, 0.1) is 0 Å². The first-order valence-electron chi connectivity index (χ1n) is 5.48. The summed E-state index contributed by atoms with van der Waals surface area (Å²) in [7, 11) is 1.64. The number of nitrogens with zero attached hydrogens (tertiary/aromatic N) is 1. The van der Waals surface area contributed by atoms with Crippen LogP contribution >= 0.6 is 0 Å². The third-order valence-electron chi connectivity index (χ3n) is 2.88. The van der Waals surface area contributed by atoms with Gasteiger partial charge in [0.15, 0.2) is 6.04 Å². The van der Waals surface area contributed by atoms with Crippen molar-refractivity contribution in [2.24, 2.45) is 0 Å². The second-order valence-electron chi connectivity index (χ2n) is 5.47.